The van der Waals surface area contributed by atoms with E-state index in [1.807, 2.05) is 45.6 Å². The molecule has 2 unspecified atom stereocenters. The molecule has 1 saturated heterocycles. The SMILES string of the molecule is Cc1cn2nc([C@@H]3CCCCN3C(=O)C3Nc4ccccc4N3C)cc2nc1C1CC[C@H](N)C1. The Hall–Kier alpha value is -3.13. The number of aromatic nitrogens is 3. The maximum Gasteiger partial charge on any atom is 0.266 e. The zero-order valence-electron chi connectivity index (χ0n) is 19.9. The maximum atomic E-state index is 13.8. The smallest absolute Gasteiger partial charge is 0.266 e. The molecule has 1 amide bonds. The number of anilines is 2. The molecule has 4 heterocycles. The number of nitrogens with one attached hydrogen (secondary N) is 1. The second-order valence-corrected chi connectivity index (χ2v) is 10.2. The van der Waals surface area contributed by atoms with Crippen molar-refractivity contribution in [3.8, 4) is 0 Å². The third-order valence-electron chi connectivity index (χ3n) is 7.87. The Labute approximate surface area is 200 Å². The zero-order valence-corrected chi connectivity index (χ0v) is 19.9. The van der Waals surface area contributed by atoms with Crippen LogP contribution in [0.15, 0.2) is 36.5 Å². The summed E-state index contributed by atoms with van der Waals surface area (Å²) in [6.45, 7) is 2.86. The number of amides is 1. The number of hydrogen-bond acceptors (Lipinski definition) is 6. The Balaban J connectivity index is 1.29. The van der Waals surface area contributed by atoms with Crippen LogP contribution in [0, 0.1) is 6.92 Å². The summed E-state index contributed by atoms with van der Waals surface area (Å²) in [5.41, 5.74) is 12.3. The van der Waals surface area contributed by atoms with E-state index in [4.69, 9.17) is 15.8 Å². The van der Waals surface area contributed by atoms with Crippen molar-refractivity contribution in [2.75, 3.05) is 23.8 Å². The van der Waals surface area contributed by atoms with Crippen LogP contribution in [0.25, 0.3) is 5.65 Å². The zero-order chi connectivity index (χ0) is 23.4. The third-order valence-corrected chi connectivity index (χ3v) is 7.87. The summed E-state index contributed by atoms with van der Waals surface area (Å²) in [6.07, 6.45) is 7.88. The van der Waals surface area contributed by atoms with Gasteiger partial charge in [-0.3, -0.25) is 4.79 Å². The molecule has 3 aliphatic rings. The monoisotopic (exact) mass is 459 g/mol. The normalized spacial score (nSPS) is 26.7. The first-order valence-corrected chi connectivity index (χ1v) is 12.5. The molecule has 3 N–H and O–H groups in total. The Morgan fingerprint density at radius 2 is 2.03 bits per heavy atom. The molecular formula is C26H33N7O. The summed E-state index contributed by atoms with van der Waals surface area (Å²) in [5, 5.41) is 8.32. The fourth-order valence-electron chi connectivity index (χ4n) is 6.06. The molecule has 2 aromatic heterocycles. The van der Waals surface area contributed by atoms with Crippen molar-refractivity contribution in [2.24, 2.45) is 5.73 Å². The highest BCUT2D eigenvalue weighted by atomic mass is 16.2. The summed E-state index contributed by atoms with van der Waals surface area (Å²) < 4.78 is 1.89. The van der Waals surface area contributed by atoms with Crippen LogP contribution in [0.2, 0.25) is 0 Å². The van der Waals surface area contributed by atoms with E-state index in [0.717, 1.165) is 79.0 Å². The first-order chi connectivity index (χ1) is 16.5. The Kier molecular flexibility index (Phi) is 5.21. The standard InChI is InChI=1S/C26H33N7O/c1-16-15-33-23(29-24(16)17-10-11-18(27)13-17)14-20(30-33)22-9-5-6-12-32(22)26(34)25-28-19-7-3-4-8-21(19)31(25)2/h3-4,7-8,14-15,17-18,22,25,28H,5-6,9-13,27H2,1-2H3/t17?,18-,22-,25?/m0/s1. The second kappa shape index (κ2) is 8.27. The lowest BCUT2D eigenvalue weighted by molar-refractivity contribution is -0.135. The summed E-state index contributed by atoms with van der Waals surface area (Å²) in [5.74, 6) is 0.530. The first-order valence-electron chi connectivity index (χ1n) is 12.5. The van der Waals surface area contributed by atoms with Crippen molar-refractivity contribution >= 4 is 22.9 Å². The van der Waals surface area contributed by atoms with Gasteiger partial charge in [0.2, 0.25) is 0 Å². The number of aryl methyl sites for hydroxylation is 1. The fraction of sp³-hybridized carbons (Fsp3) is 0.500. The summed E-state index contributed by atoms with van der Waals surface area (Å²) >= 11 is 0. The number of carbonyl (C=O) groups excluding carboxylic acids is 1. The molecule has 0 radical (unpaired) electrons. The van der Waals surface area contributed by atoms with Gasteiger partial charge in [-0.15, -0.1) is 0 Å². The van der Waals surface area contributed by atoms with Gasteiger partial charge in [0.25, 0.3) is 5.91 Å². The molecule has 1 aliphatic carbocycles. The van der Waals surface area contributed by atoms with Crippen molar-refractivity contribution < 1.29 is 4.79 Å². The van der Waals surface area contributed by atoms with E-state index >= 15 is 0 Å². The van der Waals surface area contributed by atoms with E-state index in [1.165, 1.54) is 0 Å². The van der Waals surface area contributed by atoms with Gasteiger partial charge >= 0.3 is 0 Å². The van der Waals surface area contributed by atoms with Crippen molar-refractivity contribution in [3.05, 3.63) is 53.5 Å². The van der Waals surface area contributed by atoms with Crippen molar-refractivity contribution in [1.29, 1.82) is 0 Å². The number of likely N-dealkylation sites (N-methyl/N-ethyl adjacent to an activating group) is 1. The molecule has 6 rings (SSSR count). The van der Waals surface area contributed by atoms with Crippen LogP contribution in [-0.2, 0) is 4.79 Å². The molecule has 4 atom stereocenters. The molecule has 2 fully saturated rings. The van der Waals surface area contributed by atoms with E-state index in [1.54, 1.807) is 0 Å². The molecule has 34 heavy (non-hydrogen) atoms. The largest absolute Gasteiger partial charge is 0.356 e. The molecular weight excluding hydrogens is 426 g/mol. The number of fused-ring (bicyclic) bond motifs is 2. The van der Waals surface area contributed by atoms with Gasteiger partial charge < -0.3 is 20.9 Å². The predicted molar refractivity (Wildman–Crippen MR) is 133 cm³/mol. The summed E-state index contributed by atoms with van der Waals surface area (Å²) in [7, 11) is 1.98. The van der Waals surface area contributed by atoms with Crippen LogP contribution in [0.5, 0.6) is 0 Å². The molecule has 3 aromatic rings. The highest BCUT2D eigenvalue weighted by molar-refractivity contribution is 5.93. The van der Waals surface area contributed by atoms with Gasteiger partial charge in [0.15, 0.2) is 11.8 Å². The average molecular weight is 460 g/mol. The minimum atomic E-state index is -0.395. The molecule has 8 heteroatoms. The lowest BCUT2D eigenvalue weighted by atomic mass is 9.98. The number of para-hydroxylation sites is 2. The minimum Gasteiger partial charge on any atom is -0.356 e. The highest BCUT2D eigenvalue weighted by Crippen LogP contribution is 2.38. The van der Waals surface area contributed by atoms with Gasteiger partial charge in [-0.25, -0.2) is 9.50 Å². The number of nitrogens with zero attached hydrogens (tertiary/aromatic N) is 5. The van der Waals surface area contributed by atoms with Crippen LogP contribution in [0.4, 0.5) is 11.4 Å². The van der Waals surface area contributed by atoms with E-state index < -0.39 is 6.17 Å². The lowest BCUT2D eigenvalue weighted by Gasteiger charge is -2.37. The van der Waals surface area contributed by atoms with Crippen LogP contribution in [0.1, 0.15) is 67.4 Å². The first kappa shape index (κ1) is 21.4. The molecule has 8 nitrogen and oxygen atoms in total. The molecule has 1 saturated carbocycles. The van der Waals surface area contributed by atoms with Crippen LogP contribution in [0.3, 0.4) is 0 Å². The number of piperidine rings is 1. The minimum absolute atomic E-state index is 0.0366. The molecule has 1 aromatic carbocycles. The number of likely N-dealkylation sites (tertiary alicyclic amines) is 1. The Morgan fingerprint density at radius 1 is 1.18 bits per heavy atom. The van der Waals surface area contributed by atoms with E-state index in [0.29, 0.717) is 5.92 Å². The van der Waals surface area contributed by atoms with Crippen LogP contribution >= 0.6 is 0 Å². The van der Waals surface area contributed by atoms with Crippen molar-refractivity contribution in [1.82, 2.24) is 19.5 Å². The second-order valence-electron chi connectivity index (χ2n) is 10.2. The van der Waals surface area contributed by atoms with E-state index in [2.05, 4.69) is 24.5 Å². The van der Waals surface area contributed by atoms with Crippen LogP contribution in [-0.4, -0.2) is 51.2 Å². The number of rotatable bonds is 3. The summed E-state index contributed by atoms with van der Waals surface area (Å²) in [6, 6.07) is 10.4. The number of benzene rings is 1. The fourth-order valence-corrected chi connectivity index (χ4v) is 6.06. The maximum absolute atomic E-state index is 13.8. The molecule has 178 valence electrons. The average Bonchev–Trinajstić information content (AvgIpc) is 3.55. The van der Waals surface area contributed by atoms with E-state index in [9.17, 15) is 4.79 Å². The highest BCUT2D eigenvalue weighted by Gasteiger charge is 2.39. The number of carbonyl (C=O) groups is 1. The van der Waals surface area contributed by atoms with Crippen molar-refractivity contribution in [2.45, 2.75) is 69.6 Å². The van der Waals surface area contributed by atoms with Crippen molar-refractivity contribution in [3.63, 3.8) is 0 Å². The third kappa shape index (κ3) is 3.52. The quantitative estimate of drug-likeness (QED) is 0.622. The van der Waals surface area contributed by atoms with Gasteiger partial charge in [0.05, 0.1) is 28.8 Å². The molecule has 0 bridgehead atoms. The Bertz CT molecular complexity index is 1240. The number of hydrogen-bond donors (Lipinski definition) is 2. The number of nitrogens with two attached hydrogens (primary N) is 1. The Morgan fingerprint density at radius 3 is 2.82 bits per heavy atom. The van der Waals surface area contributed by atoms with Gasteiger partial charge in [0, 0.05) is 37.8 Å². The lowest BCUT2D eigenvalue weighted by Crippen LogP contribution is -2.51. The van der Waals surface area contributed by atoms with Gasteiger partial charge in [-0.1, -0.05) is 12.1 Å². The topological polar surface area (TPSA) is 91.8 Å². The molecule has 0 spiro atoms. The van der Waals surface area contributed by atoms with E-state index in [-0.39, 0.29) is 18.0 Å². The predicted octanol–water partition coefficient (Wildman–Crippen LogP) is 3.57. The van der Waals surface area contributed by atoms with Gasteiger partial charge in [-0.05, 0) is 63.1 Å². The molecule has 2 aliphatic heterocycles. The van der Waals surface area contributed by atoms with Gasteiger partial charge in [-0.2, -0.15) is 5.10 Å². The van der Waals surface area contributed by atoms with Crippen LogP contribution < -0.4 is 16.0 Å². The summed E-state index contributed by atoms with van der Waals surface area (Å²) in [4.78, 5) is 22.8. The van der Waals surface area contributed by atoms with Gasteiger partial charge in [0.1, 0.15) is 0 Å².